The van der Waals surface area contributed by atoms with E-state index in [1.54, 1.807) is 18.5 Å². The zero-order valence-corrected chi connectivity index (χ0v) is 16.8. The van der Waals surface area contributed by atoms with Crippen molar-refractivity contribution in [1.29, 1.82) is 0 Å². The first-order valence-corrected chi connectivity index (χ1v) is 9.84. The number of hydrogen-bond donors (Lipinski definition) is 3. The average molecular weight is 393 g/mol. The van der Waals surface area contributed by atoms with E-state index in [0.717, 1.165) is 18.5 Å². The van der Waals surface area contributed by atoms with Gasteiger partial charge in [0.2, 0.25) is 11.8 Å². The summed E-state index contributed by atoms with van der Waals surface area (Å²) in [7, 11) is 4.00. The fourth-order valence-electron chi connectivity index (χ4n) is 3.29. The van der Waals surface area contributed by atoms with Crippen LogP contribution < -0.4 is 10.6 Å². The van der Waals surface area contributed by atoms with Crippen molar-refractivity contribution < 1.29 is 19.4 Å². The Morgan fingerprint density at radius 2 is 2.14 bits per heavy atom. The molecule has 1 aliphatic rings. The fourth-order valence-corrected chi connectivity index (χ4v) is 3.29. The van der Waals surface area contributed by atoms with E-state index >= 15 is 0 Å². The summed E-state index contributed by atoms with van der Waals surface area (Å²) in [5, 5.41) is 15.5. The maximum absolute atomic E-state index is 12.3. The lowest BCUT2D eigenvalue weighted by molar-refractivity contribution is -0.135. The molecule has 0 aliphatic carbocycles. The van der Waals surface area contributed by atoms with E-state index in [4.69, 9.17) is 4.74 Å². The summed E-state index contributed by atoms with van der Waals surface area (Å²) in [5.74, 6) is -0.170. The van der Waals surface area contributed by atoms with Crippen LogP contribution in [-0.2, 0) is 20.7 Å². The highest BCUT2D eigenvalue weighted by Crippen LogP contribution is 2.22. The number of ether oxygens (including phenoxy) is 1. The third kappa shape index (κ3) is 7.92. The summed E-state index contributed by atoms with van der Waals surface area (Å²) in [5.41, 5.74) is 0.834. The summed E-state index contributed by atoms with van der Waals surface area (Å²) in [6.07, 6.45) is 5.33. The van der Waals surface area contributed by atoms with Gasteiger partial charge in [-0.3, -0.25) is 14.6 Å². The molecular weight excluding hydrogens is 360 g/mol. The van der Waals surface area contributed by atoms with Crippen molar-refractivity contribution in [2.24, 2.45) is 0 Å². The predicted molar refractivity (Wildman–Crippen MR) is 106 cm³/mol. The molecule has 0 saturated carbocycles. The minimum absolute atomic E-state index is 0.0421. The van der Waals surface area contributed by atoms with Crippen LogP contribution in [0.5, 0.6) is 0 Å². The number of aliphatic hydroxyl groups excluding tert-OH is 1. The van der Waals surface area contributed by atoms with E-state index in [0.29, 0.717) is 19.4 Å². The quantitative estimate of drug-likeness (QED) is 0.488. The van der Waals surface area contributed by atoms with Crippen LogP contribution in [0.25, 0.3) is 0 Å². The highest BCUT2D eigenvalue weighted by molar-refractivity contribution is 5.79. The van der Waals surface area contributed by atoms with Gasteiger partial charge in [-0.25, -0.2) is 0 Å². The van der Waals surface area contributed by atoms with Gasteiger partial charge in [0.05, 0.1) is 31.6 Å². The van der Waals surface area contributed by atoms with Gasteiger partial charge >= 0.3 is 0 Å². The molecule has 1 aromatic heterocycles. The molecule has 1 aromatic rings. The summed E-state index contributed by atoms with van der Waals surface area (Å²) < 4.78 is 5.87. The largest absolute Gasteiger partial charge is 0.394 e. The van der Waals surface area contributed by atoms with E-state index in [-0.39, 0.29) is 43.4 Å². The smallest absolute Gasteiger partial charge is 0.224 e. The van der Waals surface area contributed by atoms with E-state index in [9.17, 15) is 14.7 Å². The number of aliphatic hydroxyl groups is 1. The maximum Gasteiger partial charge on any atom is 0.224 e. The van der Waals surface area contributed by atoms with Gasteiger partial charge in [-0.15, -0.1) is 0 Å². The van der Waals surface area contributed by atoms with Crippen LogP contribution in [0, 0.1) is 0 Å². The van der Waals surface area contributed by atoms with E-state index < -0.39 is 6.10 Å². The van der Waals surface area contributed by atoms with Gasteiger partial charge in [-0.2, -0.15) is 0 Å². The molecule has 1 aliphatic heterocycles. The van der Waals surface area contributed by atoms with Gasteiger partial charge in [-0.1, -0.05) is 6.07 Å². The maximum atomic E-state index is 12.3. The summed E-state index contributed by atoms with van der Waals surface area (Å²) in [4.78, 5) is 30.4. The molecule has 28 heavy (non-hydrogen) atoms. The molecule has 0 aromatic carbocycles. The van der Waals surface area contributed by atoms with Gasteiger partial charge in [-0.05, 0) is 51.5 Å². The Bertz CT molecular complexity index is 611. The molecule has 0 radical (unpaired) electrons. The number of pyridine rings is 1. The molecule has 1 fully saturated rings. The molecule has 0 unspecified atom stereocenters. The molecule has 2 rings (SSSR count). The predicted octanol–water partition coefficient (Wildman–Crippen LogP) is 0.107. The number of rotatable bonds is 10. The lowest BCUT2D eigenvalue weighted by Gasteiger charge is -2.36. The van der Waals surface area contributed by atoms with Crippen LogP contribution in [0.4, 0.5) is 0 Å². The molecule has 156 valence electrons. The standard InChI is InChI=1S/C20H32N4O4/c1-24(2)10-4-9-22-19(26)12-16-6-7-17(18(14-25)28-16)23-20(27)11-15-5-3-8-21-13-15/h3,5,8,13,16-18,25H,4,6-7,9-12,14H2,1-2H3,(H,22,26)(H,23,27)/t16-,17+,18+/m1/s1. The minimum atomic E-state index is -0.502. The fraction of sp³-hybridized carbons (Fsp3) is 0.650. The van der Waals surface area contributed by atoms with Crippen molar-refractivity contribution in [3.63, 3.8) is 0 Å². The molecule has 2 heterocycles. The molecule has 0 bridgehead atoms. The Kier molecular flexibility index (Phi) is 9.33. The molecule has 1 saturated heterocycles. The van der Waals surface area contributed by atoms with Crippen molar-refractivity contribution >= 4 is 11.8 Å². The number of hydrogen-bond acceptors (Lipinski definition) is 6. The lowest BCUT2D eigenvalue weighted by atomic mass is 9.96. The number of carbonyl (C=O) groups is 2. The van der Waals surface area contributed by atoms with Crippen molar-refractivity contribution in [2.45, 2.75) is 50.4 Å². The molecule has 0 spiro atoms. The first-order valence-electron chi connectivity index (χ1n) is 9.84. The summed E-state index contributed by atoms with van der Waals surface area (Å²) >= 11 is 0. The second-order valence-corrected chi connectivity index (χ2v) is 7.48. The first-order chi connectivity index (χ1) is 13.5. The molecule has 2 amide bonds. The monoisotopic (exact) mass is 392 g/mol. The summed E-state index contributed by atoms with van der Waals surface area (Å²) in [6.45, 7) is 1.37. The third-order valence-electron chi connectivity index (χ3n) is 4.75. The third-order valence-corrected chi connectivity index (χ3v) is 4.75. The van der Waals surface area contributed by atoms with Crippen LogP contribution in [-0.4, -0.2) is 78.8 Å². The van der Waals surface area contributed by atoms with E-state index in [1.165, 1.54) is 0 Å². The Labute approximate surface area is 166 Å². The van der Waals surface area contributed by atoms with Crippen LogP contribution in [0.15, 0.2) is 24.5 Å². The lowest BCUT2D eigenvalue weighted by Crippen LogP contribution is -2.51. The van der Waals surface area contributed by atoms with Crippen molar-refractivity contribution in [3.8, 4) is 0 Å². The number of amides is 2. The zero-order chi connectivity index (χ0) is 20.4. The molecule has 3 atom stereocenters. The molecular formula is C20H32N4O4. The average Bonchev–Trinajstić information content (AvgIpc) is 2.67. The van der Waals surface area contributed by atoms with Gasteiger partial charge < -0.3 is 25.4 Å². The Morgan fingerprint density at radius 1 is 1.32 bits per heavy atom. The number of aromatic nitrogens is 1. The van der Waals surface area contributed by atoms with Crippen molar-refractivity contribution in [1.82, 2.24) is 20.5 Å². The highest BCUT2D eigenvalue weighted by Gasteiger charge is 2.32. The Hall–Kier alpha value is -2.03. The zero-order valence-electron chi connectivity index (χ0n) is 16.8. The van der Waals surface area contributed by atoms with Gasteiger partial charge in [0.15, 0.2) is 0 Å². The van der Waals surface area contributed by atoms with Gasteiger partial charge in [0.1, 0.15) is 6.10 Å². The van der Waals surface area contributed by atoms with E-state index in [1.807, 2.05) is 20.2 Å². The van der Waals surface area contributed by atoms with Crippen LogP contribution >= 0.6 is 0 Å². The second-order valence-electron chi connectivity index (χ2n) is 7.48. The Balaban J connectivity index is 1.73. The second kappa shape index (κ2) is 11.7. The number of carbonyl (C=O) groups excluding carboxylic acids is 2. The molecule has 8 heteroatoms. The SMILES string of the molecule is CN(C)CCCNC(=O)C[C@H]1CC[C@H](NC(=O)Cc2cccnc2)[C@H](CO)O1. The van der Waals surface area contributed by atoms with Crippen molar-refractivity contribution in [2.75, 3.05) is 33.8 Å². The Morgan fingerprint density at radius 3 is 2.82 bits per heavy atom. The van der Waals surface area contributed by atoms with Crippen LogP contribution in [0.1, 0.15) is 31.2 Å². The normalized spacial score (nSPS) is 22.1. The minimum Gasteiger partial charge on any atom is -0.394 e. The van der Waals surface area contributed by atoms with Gasteiger partial charge in [0.25, 0.3) is 0 Å². The van der Waals surface area contributed by atoms with E-state index in [2.05, 4.69) is 20.5 Å². The number of nitrogens with zero attached hydrogens (tertiary/aromatic N) is 2. The van der Waals surface area contributed by atoms with Crippen molar-refractivity contribution in [3.05, 3.63) is 30.1 Å². The van der Waals surface area contributed by atoms with Crippen LogP contribution in [0.2, 0.25) is 0 Å². The molecule has 3 N–H and O–H groups in total. The summed E-state index contributed by atoms with van der Waals surface area (Å²) in [6, 6.07) is 3.38. The highest BCUT2D eigenvalue weighted by atomic mass is 16.5. The number of nitrogens with one attached hydrogen (secondary N) is 2. The van der Waals surface area contributed by atoms with Gasteiger partial charge in [0, 0.05) is 18.9 Å². The molecule has 8 nitrogen and oxygen atoms in total. The first kappa shape index (κ1) is 22.3. The topological polar surface area (TPSA) is 104 Å². The van der Waals surface area contributed by atoms with Crippen LogP contribution in [0.3, 0.4) is 0 Å².